The molecule has 88 valence electrons. The van der Waals surface area contributed by atoms with Gasteiger partial charge in [-0.15, -0.1) is 13.2 Å². The monoisotopic (exact) mass is 238 g/mol. The van der Waals surface area contributed by atoms with Crippen molar-refractivity contribution in [2.24, 2.45) is 0 Å². The maximum Gasteiger partial charge on any atom is 0.575 e. The highest BCUT2D eigenvalue weighted by Crippen LogP contribution is 2.22. The number of nitrogens with zero attached hydrogens (tertiary/aromatic N) is 1. The van der Waals surface area contributed by atoms with Crippen LogP contribution in [0.4, 0.5) is 19.0 Å². The van der Waals surface area contributed by atoms with E-state index in [1.54, 1.807) is 4.98 Å². The van der Waals surface area contributed by atoms with E-state index in [2.05, 4.69) is 4.74 Å². The molecule has 6 nitrogen and oxygen atoms in total. The van der Waals surface area contributed by atoms with Crippen LogP contribution < -0.4 is 10.2 Å². The molecule has 16 heavy (non-hydrogen) atoms. The lowest BCUT2D eigenvalue weighted by Gasteiger charge is -2.06. The molecule has 0 atom stereocenters. The van der Waals surface area contributed by atoms with Crippen molar-refractivity contribution in [3.63, 3.8) is 0 Å². The summed E-state index contributed by atoms with van der Waals surface area (Å²) in [5.74, 6) is -1.85. The standard InChI is InChI=1S/C7H5F3N2O4/c1-3-4(13)2-5(16-7(8,9)10)11-6(3)12(14)15/h2H,1H3,(H,11,13). The highest BCUT2D eigenvalue weighted by Gasteiger charge is 2.33. The number of H-pyrrole nitrogens is 1. The number of pyridine rings is 1. The molecule has 0 bridgehead atoms. The number of aromatic amines is 1. The first-order chi connectivity index (χ1) is 7.20. The Morgan fingerprint density at radius 3 is 2.50 bits per heavy atom. The zero-order valence-electron chi connectivity index (χ0n) is 7.79. The molecule has 0 aliphatic carbocycles. The van der Waals surface area contributed by atoms with Gasteiger partial charge in [0.1, 0.15) is 0 Å². The zero-order chi connectivity index (χ0) is 12.5. The smallest absolute Gasteiger partial charge is 0.370 e. The second-order valence-corrected chi connectivity index (χ2v) is 2.78. The van der Waals surface area contributed by atoms with E-state index in [0.717, 1.165) is 6.92 Å². The Hall–Kier alpha value is -2.06. The van der Waals surface area contributed by atoms with Gasteiger partial charge in [0.25, 0.3) is 5.88 Å². The van der Waals surface area contributed by atoms with Crippen molar-refractivity contribution in [3.8, 4) is 5.88 Å². The quantitative estimate of drug-likeness (QED) is 0.624. The summed E-state index contributed by atoms with van der Waals surface area (Å²) in [5.41, 5.74) is -1.20. The molecule has 0 fully saturated rings. The Morgan fingerprint density at radius 2 is 2.06 bits per heavy atom. The molecular formula is C7H5F3N2O4. The molecule has 9 heteroatoms. The number of hydrogen-bond donors (Lipinski definition) is 1. The molecule has 1 aromatic rings. The maximum absolute atomic E-state index is 11.8. The van der Waals surface area contributed by atoms with Gasteiger partial charge < -0.3 is 14.9 Å². The minimum absolute atomic E-state index is 0.292. The summed E-state index contributed by atoms with van der Waals surface area (Å²) in [6.07, 6.45) is -5.02. The van der Waals surface area contributed by atoms with E-state index in [9.17, 15) is 28.1 Å². The summed E-state index contributed by atoms with van der Waals surface area (Å²) in [4.78, 5) is 22.2. The second kappa shape index (κ2) is 3.83. The third kappa shape index (κ3) is 2.72. The molecule has 0 saturated carbocycles. The van der Waals surface area contributed by atoms with Crippen LogP contribution in [0.25, 0.3) is 0 Å². The molecule has 0 amide bonds. The minimum atomic E-state index is -5.02. The lowest BCUT2D eigenvalue weighted by atomic mass is 10.3. The fourth-order valence-electron chi connectivity index (χ4n) is 0.953. The average molecular weight is 238 g/mol. The lowest BCUT2D eigenvalue weighted by molar-refractivity contribution is -0.390. The molecule has 0 spiro atoms. The molecule has 0 unspecified atom stereocenters. The maximum atomic E-state index is 11.8. The van der Waals surface area contributed by atoms with E-state index >= 15 is 0 Å². The molecule has 1 N–H and O–H groups in total. The average Bonchev–Trinajstić information content (AvgIpc) is 2.07. The summed E-state index contributed by atoms with van der Waals surface area (Å²) >= 11 is 0. The topological polar surface area (TPSA) is 85.2 Å². The Labute approximate surface area is 85.8 Å². The van der Waals surface area contributed by atoms with Crippen molar-refractivity contribution < 1.29 is 22.8 Å². The van der Waals surface area contributed by atoms with E-state index in [0.29, 0.717) is 6.07 Å². The molecule has 1 aromatic heterocycles. The fourth-order valence-corrected chi connectivity index (χ4v) is 0.953. The number of hydrogen-bond acceptors (Lipinski definition) is 4. The highest BCUT2D eigenvalue weighted by molar-refractivity contribution is 5.34. The van der Waals surface area contributed by atoms with Gasteiger partial charge in [-0.1, -0.05) is 0 Å². The minimum Gasteiger partial charge on any atom is -0.370 e. The van der Waals surface area contributed by atoms with Crippen LogP contribution in [0.1, 0.15) is 5.56 Å². The fraction of sp³-hybridized carbons (Fsp3) is 0.286. The van der Waals surface area contributed by atoms with Gasteiger partial charge in [-0.05, 0) is 11.8 Å². The summed E-state index contributed by atoms with van der Waals surface area (Å²) in [6.45, 7) is 1.12. The van der Waals surface area contributed by atoms with Gasteiger partial charge in [-0.2, -0.15) is 0 Å². The van der Waals surface area contributed by atoms with Crippen LogP contribution in [0.15, 0.2) is 10.9 Å². The van der Waals surface area contributed by atoms with E-state index in [-0.39, 0.29) is 5.56 Å². The predicted molar refractivity (Wildman–Crippen MR) is 45.1 cm³/mol. The summed E-state index contributed by atoms with van der Waals surface area (Å²) in [5, 5.41) is 10.4. The molecule has 0 aliphatic rings. The molecule has 0 radical (unpaired) electrons. The number of aromatic nitrogens is 1. The lowest BCUT2D eigenvalue weighted by Crippen LogP contribution is -2.20. The molecule has 1 rings (SSSR count). The first-order valence-electron chi connectivity index (χ1n) is 3.85. The van der Waals surface area contributed by atoms with Crippen LogP contribution in [0.5, 0.6) is 5.88 Å². The number of ether oxygens (including phenoxy) is 1. The van der Waals surface area contributed by atoms with E-state index in [4.69, 9.17) is 0 Å². The van der Waals surface area contributed by atoms with Crippen LogP contribution in [-0.2, 0) is 0 Å². The molecule has 0 saturated heterocycles. The summed E-state index contributed by atoms with van der Waals surface area (Å²) < 4.78 is 38.7. The van der Waals surface area contributed by atoms with E-state index < -0.39 is 28.4 Å². The first-order valence-corrected chi connectivity index (χ1v) is 3.85. The van der Waals surface area contributed by atoms with Gasteiger partial charge in [-0.3, -0.25) is 4.79 Å². The van der Waals surface area contributed by atoms with Crippen LogP contribution in [0, 0.1) is 17.0 Å². The third-order valence-electron chi connectivity index (χ3n) is 1.64. The van der Waals surface area contributed by atoms with E-state index in [1.165, 1.54) is 0 Å². The van der Waals surface area contributed by atoms with Crippen molar-refractivity contribution in [2.45, 2.75) is 13.3 Å². The number of alkyl halides is 3. The molecular weight excluding hydrogens is 233 g/mol. The number of nitrogens with one attached hydrogen (secondary N) is 1. The van der Waals surface area contributed by atoms with E-state index in [1.807, 2.05) is 0 Å². The Bertz CT molecular complexity index is 480. The normalized spacial score (nSPS) is 11.2. The molecule has 0 aliphatic heterocycles. The van der Waals surface area contributed by atoms with Crippen molar-refractivity contribution in [3.05, 3.63) is 32.0 Å². The van der Waals surface area contributed by atoms with Gasteiger partial charge in [0.05, 0.1) is 11.6 Å². The van der Waals surface area contributed by atoms with Gasteiger partial charge in [0.15, 0.2) is 5.43 Å². The number of nitro groups is 1. The van der Waals surface area contributed by atoms with Crippen LogP contribution >= 0.6 is 0 Å². The second-order valence-electron chi connectivity index (χ2n) is 2.78. The summed E-state index contributed by atoms with van der Waals surface area (Å²) in [7, 11) is 0. The van der Waals surface area contributed by atoms with Crippen LogP contribution in [-0.4, -0.2) is 16.3 Å². The SMILES string of the molecule is Cc1c([N+](=O)[O-])[nH]c(OC(F)(F)F)cc1=O. The van der Waals surface area contributed by atoms with Crippen LogP contribution in [0.2, 0.25) is 0 Å². The highest BCUT2D eigenvalue weighted by atomic mass is 19.4. The molecule has 0 aromatic carbocycles. The van der Waals surface area contributed by atoms with Crippen molar-refractivity contribution >= 4 is 5.82 Å². The Balaban J connectivity index is 3.25. The first kappa shape index (κ1) is 12.0. The van der Waals surface area contributed by atoms with Crippen LogP contribution in [0.3, 0.4) is 0 Å². The third-order valence-corrected chi connectivity index (χ3v) is 1.64. The summed E-state index contributed by atoms with van der Waals surface area (Å²) in [6, 6.07) is 0.496. The zero-order valence-corrected chi connectivity index (χ0v) is 7.79. The van der Waals surface area contributed by atoms with Gasteiger partial charge in [0, 0.05) is 0 Å². The Kier molecular flexibility index (Phi) is 2.88. The number of halogens is 3. The predicted octanol–water partition coefficient (Wildman–Crippen LogP) is 1.49. The van der Waals surface area contributed by atoms with Gasteiger partial charge in [0.2, 0.25) is 0 Å². The Morgan fingerprint density at radius 1 is 1.50 bits per heavy atom. The van der Waals surface area contributed by atoms with Gasteiger partial charge in [-0.25, -0.2) is 4.98 Å². The number of rotatable bonds is 2. The van der Waals surface area contributed by atoms with Crippen molar-refractivity contribution in [1.29, 1.82) is 0 Å². The molecule has 1 heterocycles. The van der Waals surface area contributed by atoms with Crippen molar-refractivity contribution in [1.82, 2.24) is 4.98 Å². The largest absolute Gasteiger partial charge is 0.575 e. The van der Waals surface area contributed by atoms with Crippen molar-refractivity contribution in [2.75, 3.05) is 0 Å². The van der Waals surface area contributed by atoms with Gasteiger partial charge >= 0.3 is 12.2 Å².